The Hall–Kier alpha value is -1.84. The number of aryl methyl sites for hydroxylation is 1. The molecular formula is C19H26N2O2. The molecule has 2 fully saturated rings. The molecule has 2 aliphatic rings. The first-order chi connectivity index (χ1) is 11.1. The maximum absolute atomic E-state index is 12.7. The highest BCUT2D eigenvalue weighted by Crippen LogP contribution is 2.41. The van der Waals surface area contributed by atoms with Crippen LogP contribution in [0.25, 0.3) is 0 Å². The highest BCUT2D eigenvalue weighted by molar-refractivity contribution is 5.94. The number of carbonyl (C=O) groups excluding carboxylic acids is 2. The molecule has 2 heterocycles. The molecule has 0 aliphatic carbocycles. The number of benzene rings is 1. The van der Waals surface area contributed by atoms with Crippen LogP contribution < -0.4 is 0 Å². The van der Waals surface area contributed by atoms with E-state index in [4.69, 9.17) is 0 Å². The molecule has 1 aromatic rings. The first-order valence-electron chi connectivity index (χ1n) is 8.71. The molecule has 23 heavy (non-hydrogen) atoms. The SMILES string of the molecule is CCN1CCC2(CCCN(C(=O)c3cccc(C)c3)CC2)C1=O. The smallest absolute Gasteiger partial charge is 0.253 e. The van der Waals surface area contributed by atoms with Crippen molar-refractivity contribution in [3.63, 3.8) is 0 Å². The predicted molar refractivity (Wildman–Crippen MR) is 90.2 cm³/mol. The molecule has 0 N–H and O–H groups in total. The lowest BCUT2D eigenvalue weighted by atomic mass is 9.79. The van der Waals surface area contributed by atoms with Crippen LogP contribution in [0.1, 0.15) is 48.5 Å². The van der Waals surface area contributed by atoms with Gasteiger partial charge in [-0.1, -0.05) is 17.7 Å². The van der Waals surface area contributed by atoms with Crippen molar-refractivity contribution in [2.24, 2.45) is 5.41 Å². The zero-order valence-electron chi connectivity index (χ0n) is 14.2. The van der Waals surface area contributed by atoms with Gasteiger partial charge in [0.1, 0.15) is 0 Å². The summed E-state index contributed by atoms with van der Waals surface area (Å²) < 4.78 is 0. The molecule has 4 heteroatoms. The van der Waals surface area contributed by atoms with E-state index < -0.39 is 0 Å². The molecule has 2 aliphatic heterocycles. The minimum Gasteiger partial charge on any atom is -0.342 e. The molecule has 124 valence electrons. The Bertz CT molecular complexity index is 613. The van der Waals surface area contributed by atoms with Crippen molar-refractivity contribution in [1.29, 1.82) is 0 Å². The van der Waals surface area contributed by atoms with E-state index in [0.29, 0.717) is 12.5 Å². The Morgan fingerprint density at radius 3 is 2.65 bits per heavy atom. The van der Waals surface area contributed by atoms with E-state index in [1.165, 1.54) is 0 Å². The van der Waals surface area contributed by atoms with Crippen molar-refractivity contribution in [1.82, 2.24) is 9.80 Å². The third kappa shape index (κ3) is 2.99. The Morgan fingerprint density at radius 1 is 1.17 bits per heavy atom. The van der Waals surface area contributed by atoms with Crippen LogP contribution in [-0.4, -0.2) is 47.8 Å². The fourth-order valence-electron chi connectivity index (χ4n) is 4.02. The van der Waals surface area contributed by atoms with Crippen LogP contribution in [0.5, 0.6) is 0 Å². The molecule has 1 unspecified atom stereocenters. The van der Waals surface area contributed by atoms with E-state index >= 15 is 0 Å². The van der Waals surface area contributed by atoms with Crippen LogP contribution in [0.15, 0.2) is 24.3 Å². The molecule has 0 aromatic heterocycles. The lowest BCUT2D eigenvalue weighted by molar-refractivity contribution is -0.136. The highest BCUT2D eigenvalue weighted by atomic mass is 16.2. The first kappa shape index (κ1) is 16.0. The normalized spacial score (nSPS) is 25.0. The molecule has 4 nitrogen and oxygen atoms in total. The second-order valence-corrected chi connectivity index (χ2v) is 6.93. The lowest BCUT2D eigenvalue weighted by Crippen LogP contribution is -2.36. The lowest BCUT2D eigenvalue weighted by Gasteiger charge is -2.26. The Balaban J connectivity index is 1.72. The van der Waals surface area contributed by atoms with E-state index in [1.54, 1.807) is 0 Å². The van der Waals surface area contributed by atoms with Crippen LogP contribution in [0.2, 0.25) is 0 Å². The molecule has 1 aromatic carbocycles. The molecule has 1 atom stereocenters. The Kier molecular flexibility index (Phi) is 4.42. The number of hydrogen-bond donors (Lipinski definition) is 0. The van der Waals surface area contributed by atoms with Crippen LogP contribution >= 0.6 is 0 Å². The van der Waals surface area contributed by atoms with Gasteiger partial charge in [-0.3, -0.25) is 9.59 Å². The number of amides is 2. The van der Waals surface area contributed by atoms with Crippen LogP contribution in [0.4, 0.5) is 0 Å². The molecular weight excluding hydrogens is 288 g/mol. The fourth-order valence-corrected chi connectivity index (χ4v) is 4.02. The molecule has 0 saturated carbocycles. The Labute approximate surface area is 138 Å². The quantitative estimate of drug-likeness (QED) is 0.842. The minimum absolute atomic E-state index is 0.101. The van der Waals surface area contributed by atoms with Gasteiger partial charge in [-0.15, -0.1) is 0 Å². The van der Waals surface area contributed by atoms with Crippen LogP contribution in [-0.2, 0) is 4.79 Å². The van der Waals surface area contributed by atoms with Gasteiger partial charge in [-0.25, -0.2) is 0 Å². The average Bonchev–Trinajstić information content (AvgIpc) is 2.73. The first-order valence-corrected chi connectivity index (χ1v) is 8.71. The van der Waals surface area contributed by atoms with E-state index in [2.05, 4.69) is 0 Å². The maximum Gasteiger partial charge on any atom is 0.253 e. The molecule has 3 rings (SSSR count). The summed E-state index contributed by atoms with van der Waals surface area (Å²) in [6.45, 7) is 7.17. The predicted octanol–water partition coefficient (Wildman–Crippen LogP) is 2.86. The van der Waals surface area contributed by atoms with Crippen molar-refractivity contribution < 1.29 is 9.59 Å². The summed E-state index contributed by atoms with van der Waals surface area (Å²) in [6.07, 6.45) is 3.59. The second kappa shape index (κ2) is 6.34. The fraction of sp³-hybridized carbons (Fsp3) is 0.579. The zero-order chi connectivity index (χ0) is 16.4. The number of carbonyl (C=O) groups is 2. The zero-order valence-corrected chi connectivity index (χ0v) is 14.2. The molecule has 0 bridgehead atoms. The third-order valence-corrected chi connectivity index (χ3v) is 5.48. The van der Waals surface area contributed by atoms with E-state index in [9.17, 15) is 9.59 Å². The minimum atomic E-state index is -0.211. The maximum atomic E-state index is 12.7. The summed E-state index contributed by atoms with van der Waals surface area (Å²) in [6, 6.07) is 7.77. The summed E-state index contributed by atoms with van der Waals surface area (Å²) in [5.41, 5.74) is 1.65. The van der Waals surface area contributed by atoms with Crippen LogP contribution in [0, 0.1) is 12.3 Å². The summed E-state index contributed by atoms with van der Waals surface area (Å²) in [4.78, 5) is 29.3. The standard InChI is InChI=1S/C19H26N2O2/c1-3-20-12-9-19(18(20)23)8-5-11-21(13-10-19)17(22)16-7-4-6-15(2)14-16/h4,6-7,14H,3,5,8-13H2,1-2H3. The molecule has 0 radical (unpaired) electrons. The van der Waals surface area contributed by atoms with Gasteiger partial charge < -0.3 is 9.80 Å². The summed E-state index contributed by atoms with van der Waals surface area (Å²) in [5.74, 6) is 0.411. The third-order valence-electron chi connectivity index (χ3n) is 5.48. The van der Waals surface area contributed by atoms with Gasteiger partial charge in [0.2, 0.25) is 5.91 Å². The topological polar surface area (TPSA) is 40.6 Å². The van der Waals surface area contributed by atoms with Crippen molar-refractivity contribution in [3.8, 4) is 0 Å². The van der Waals surface area contributed by atoms with Crippen molar-refractivity contribution in [3.05, 3.63) is 35.4 Å². The Morgan fingerprint density at radius 2 is 1.96 bits per heavy atom. The summed E-state index contributed by atoms with van der Waals surface area (Å²) in [7, 11) is 0. The average molecular weight is 314 g/mol. The second-order valence-electron chi connectivity index (χ2n) is 6.93. The van der Waals surface area contributed by atoms with Crippen molar-refractivity contribution in [2.45, 2.75) is 39.5 Å². The largest absolute Gasteiger partial charge is 0.342 e. The molecule has 2 saturated heterocycles. The number of nitrogens with zero attached hydrogens (tertiary/aromatic N) is 2. The summed E-state index contributed by atoms with van der Waals surface area (Å²) in [5, 5.41) is 0. The monoisotopic (exact) mass is 314 g/mol. The van der Waals surface area contributed by atoms with Gasteiger partial charge in [-0.2, -0.15) is 0 Å². The van der Waals surface area contributed by atoms with Gasteiger partial charge in [0.25, 0.3) is 5.91 Å². The highest BCUT2D eigenvalue weighted by Gasteiger charge is 2.46. The number of likely N-dealkylation sites (tertiary alicyclic amines) is 2. The van der Waals surface area contributed by atoms with Gasteiger partial charge in [0.05, 0.1) is 5.41 Å². The van der Waals surface area contributed by atoms with Gasteiger partial charge in [0, 0.05) is 31.7 Å². The number of hydrogen-bond acceptors (Lipinski definition) is 2. The van der Waals surface area contributed by atoms with E-state index in [1.807, 2.05) is 47.9 Å². The summed E-state index contributed by atoms with van der Waals surface area (Å²) >= 11 is 0. The van der Waals surface area contributed by atoms with Gasteiger partial charge in [0.15, 0.2) is 0 Å². The van der Waals surface area contributed by atoms with Gasteiger partial charge in [-0.05, 0) is 51.7 Å². The van der Waals surface area contributed by atoms with Crippen LogP contribution in [0.3, 0.4) is 0 Å². The van der Waals surface area contributed by atoms with Gasteiger partial charge >= 0.3 is 0 Å². The van der Waals surface area contributed by atoms with E-state index in [0.717, 1.165) is 56.4 Å². The van der Waals surface area contributed by atoms with Crippen molar-refractivity contribution >= 4 is 11.8 Å². The number of rotatable bonds is 2. The molecule has 1 spiro atoms. The van der Waals surface area contributed by atoms with E-state index in [-0.39, 0.29) is 11.3 Å². The molecule has 2 amide bonds. The van der Waals surface area contributed by atoms with Crippen molar-refractivity contribution in [2.75, 3.05) is 26.2 Å².